The summed E-state index contributed by atoms with van der Waals surface area (Å²) in [4.78, 5) is 8.17. The van der Waals surface area contributed by atoms with Crippen LogP contribution in [0.1, 0.15) is 38.3 Å². The molecule has 3 aromatic rings. The first-order valence-electron chi connectivity index (χ1n) is 9.98. The number of rotatable bonds is 3. The van der Waals surface area contributed by atoms with Crippen molar-refractivity contribution in [1.29, 1.82) is 0 Å². The first-order valence-corrected chi connectivity index (χ1v) is 10.8. The van der Waals surface area contributed by atoms with Gasteiger partial charge in [0.05, 0.1) is 16.3 Å². The van der Waals surface area contributed by atoms with E-state index in [1.807, 2.05) is 24.2 Å². The Bertz CT molecular complexity index is 1070. The maximum Gasteiger partial charge on any atom is 0.0953 e. The molecule has 5 rings (SSSR count). The van der Waals surface area contributed by atoms with Gasteiger partial charge in [-0.2, -0.15) is 0 Å². The highest BCUT2D eigenvalue weighted by molar-refractivity contribution is 8.10. The van der Waals surface area contributed by atoms with Crippen LogP contribution < -0.4 is 4.90 Å². The van der Waals surface area contributed by atoms with E-state index in [4.69, 9.17) is 0 Å². The molecule has 0 fully saturated rings. The average molecular weight is 385 g/mol. The van der Waals surface area contributed by atoms with E-state index in [0.717, 1.165) is 6.42 Å². The number of hydrogen-bond donors (Lipinski definition) is 0. The predicted octanol–water partition coefficient (Wildman–Crippen LogP) is 6.90. The van der Waals surface area contributed by atoms with Crippen molar-refractivity contribution in [1.82, 2.24) is 4.98 Å². The van der Waals surface area contributed by atoms with E-state index in [2.05, 4.69) is 91.3 Å². The van der Waals surface area contributed by atoms with Gasteiger partial charge in [0, 0.05) is 28.4 Å². The van der Waals surface area contributed by atoms with Crippen LogP contribution in [0.4, 0.5) is 5.69 Å². The Morgan fingerprint density at radius 1 is 0.929 bits per heavy atom. The average Bonchev–Trinajstić information content (AvgIpc) is 3.09. The molecule has 0 spiro atoms. The summed E-state index contributed by atoms with van der Waals surface area (Å²) in [6, 6.07) is 22.0. The second-order valence-electron chi connectivity index (χ2n) is 7.78. The molecule has 0 aliphatic carbocycles. The molecule has 2 unspecified atom stereocenters. The van der Waals surface area contributed by atoms with Gasteiger partial charge in [-0.3, -0.25) is 4.98 Å². The van der Waals surface area contributed by atoms with Crippen LogP contribution in [-0.2, 0) is 0 Å². The molecule has 140 valence electrons. The highest BCUT2D eigenvalue weighted by atomic mass is 32.2. The van der Waals surface area contributed by atoms with Crippen LogP contribution in [-0.4, -0.2) is 9.85 Å². The van der Waals surface area contributed by atoms with Crippen molar-refractivity contribution >= 4 is 28.1 Å². The van der Waals surface area contributed by atoms with Crippen LogP contribution >= 0.6 is 11.8 Å². The van der Waals surface area contributed by atoms with Crippen LogP contribution in [0.15, 0.2) is 73.1 Å². The lowest BCUT2D eigenvalue weighted by atomic mass is 9.87. The summed E-state index contributed by atoms with van der Waals surface area (Å²) in [6.07, 6.45) is 4.94. The van der Waals surface area contributed by atoms with Crippen molar-refractivity contribution in [3.05, 3.63) is 84.2 Å². The molecule has 2 nitrogen and oxygen atoms in total. The van der Waals surface area contributed by atoms with Gasteiger partial charge in [-0.15, -0.1) is 0 Å². The number of fused-ring (bicyclic) bond motifs is 6. The minimum Gasteiger partial charge on any atom is -0.324 e. The summed E-state index contributed by atoms with van der Waals surface area (Å²) >= 11 is 2.01. The van der Waals surface area contributed by atoms with Gasteiger partial charge in [-0.25, -0.2) is 0 Å². The van der Waals surface area contributed by atoms with Gasteiger partial charge in [-0.05, 0) is 42.2 Å². The lowest BCUT2D eigenvalue weighted by Gasteiger charge is -2.45. The first-order chi connectivity index (χ1) is 13.6. The lowest BCUT2D eigenvalue weighted by molar-refractivity contribution is 0.430. The SMILES string of the molecule is CCC(C)C1(C)SC(c2ccncc2)=C2c3ccccc3-c3ccccc3N21. The molecular weight excluding hydrogens is 360 g/mol. The number of hydrogen-bond acceptors (Lipinski definition) is 3. The summed E-state index contributed by atoms with van der Waals surface area (Å²) in [5, 5.41) is 0. The van der Waals surface area contributed by atoms with E-state index in [9.17, 15) is 0 Å². The van der Waals surface area contributed by atoms with Gasteiger partial charge >= 0.3 is 0 Å². The zero-order chi connectivity index (χ0) is 19.3. The Morgan fingerprint density at radius 2 is 1.57 bits per heavy atom. The summed E-state index contributed by atoms with van der Waals surface area (Å²) < 4.78 is 0. The highest BCUT2D eigenvalue weighted by Crippen LogP contribution is 2.62. The Morgan fingerprint density at radius 3 is 2.29 bits per heavy atom. The number of para-hydroxylation sites is 1. The van der Waals surface area contributed by atoms with Gasteiger partial charge in [-0.1, -0.05) is 74.5 Å². The molecule has 0 saturated carbocycles. The summed E-state index contributed by atoms with van der Waals surface area (Å²) in [5.74, 6) is 0.533. The van der Waals surface area contributed by atoms with Gasteiger partial charge in [0.25, 0.3) is 0 Å². The Balaban J connectivity index is 1.86. The fourth-order valence-corrected chi connectivity index (χ4v) is 6.06. The van der Waals surface area contributed by atoms with E-state index in [-0.39, 0.29) is 4.87 Å². The Labute approximate surface area is 171 Å². The number of nitrogens with zero attached hydrogens (tertiary/aromatic N) is 2. The number of pyridine rings is 1. The number of benzene rings is 2. The monoisotopic (exact) mass is 384 g/mol. The van der Waals surface area contributed by atoms with Gasteiger partial charge < -0.3 is 4.90 Å². The van der Waals surface area contributed by atoms with Crippen LogP contribution in [0.2, 0.25) is 0 Å². The van der Waals surface area contributed by atoms with Gasteiger partial charge in [0.2, 0.25) is 0 Å². The Kier molecular flexibility index (Phi) is 4.09. The molecule has 2 aliphatic rings. The maximum absolute atomic E-state index is 4.24. The normalized spacial score (nSPS) is 21.2. The van der Waals surface area contributed by atoms with Crippen LogP contribution in [0, 0.1) is 5.92 Å². The van der Waals surface area contributed by atoms with Crippen molar-refractivity contribution in [3.63, 3.8) is 0 Å². The number of anilines is 1. The van der Waals surface area contributed by atoms with E-state index < -0.39 is 0 Å². The van der Waals surface area contributed by atoms with E-state index in [1.54, 1.807) is 0 Å². The third kappa shape index (κ3) is 2.39. The molecule has 0 amide bonds. The molecule has 0 radical (unpaired) electrons. The molecule has 0 saturated heterocycles. The first kappa shape index (κ1) is 17.6. The standard InChI is InChI=1S/C25H24N2S/c1-4-17(2)25(3)27-22-12-8-7-10-20(22)19-9-5-6-11-21(19)23(27)24(28-25)18-13-15-26-16-14-18/h5-17H,4H2,1-3H3. The molecule has 1 aromatic heterocycles. The maximum atomic E-state index is 4.24. The quantitative estimate of drug-likeness (QED) is 0.488. The zero-order valence-electron chi connectivity index (χ0n) is 16.5. The Hall–Kier alpha value is -2.52. The molecule has 3 heteroatoms. The fraction of sp³-hybridized carbons (Fsp3) is 0.240. The van der Waals surface area contributed by atoms with E-state index in [1.165, 1.54) is 38.5 Å². The van der Waals surface area contributed by atoms with E-state index >= 15 is 0 Å². The molecule has 28 heavy (non-hydrogen) atoms. The second-order valence-corrected chi connectivity index (χ2v) is 9.22. The molecule has 0 bridgehead atoms. The van der Waals surface area contributed by atoms with Crippen LogP contribution in [0.5, 0.6) is 0 Å². The van der Waals surface area contributed by atoms with Crippen molar-refractivity contribution in [2.24, 2.45) is 5.92 Å². The van der Waals surface area contributed by atoms with Gasteiger partial charge in [0.1, 0.15) is 0 Å². The molecule has 2 aliphatic heterocycles. The molecule has 3 heterocycles. The molecule has 2 aromatic carbocycles. The molecule has 0 N–H and O–H groups in total. The fourth-order valence-electron chi connectivity index (χ4n) is 4.45. The van der Waals surface area contributed by atoms with E-state index in [0.29, 0.717) is 5.92 Å². The summed E-state index contributed by atoms with van der Waals surface area (Å²) in [7, 11) is 0. The topological polar surface area (TPSA) is 16.1 Å². The van der Waals surface area contributed by atoms with Crippen molar-refractivity contribution in [2.45, 2.75) is 32.1 Å². The predicted molar refractivity (Wildman–Crippen MR) is 121 cm³/mol. The van der Waals surface area contributed by atoms with Crippen LogP contribution in [0.25, 0.3) is 21.7 Å². The molecule has 2 atom stereocenters. The second kappa shape index (κ2) is 6.52. The third-order valence-corrected chi connectivity index (χ3v) is 7.91. The molecular formula is C25H24N2S. The van der Waals surface area contributed by atoms with Gasteiger partial charge in [0.15, 0.2) is 0 Å². The van der Waals surface area contributed by atoms with Crippen molar-refractivity contribution in [2.75, 3.05) is 4.90 Å². The minimum atomic E-state index is -0.0354. The van der Waals surface area contributed by atoms with Crippen molar-refractivity contribution in [3.8, 4) is 11.1 Å². The zero-order valence-corrected chi connectivity index (χ0v) is 17.3. The lowest BCUT2D eigenvalue weighted by Crippen LogP contribution is -2.45. The summed E-state index contributed by atoms with van der Waals surface area (Å²) in [5.41, 5.74) is 7.88. The number of aromatic nitrogens is 1. The van der Waals surface area contributed by atoms with Crippen molar-refractivity contribution < 1.29 is 0 Å². The third-order valence-electron chi connectivity index (χ3n) is 6.28. The smallest absolute Gasteiger partial charge is 0.0953 e. The largest absolute Gasteiger partial charge is 0.324 e. The highest BCUT2D eigenvalue weighted by Gasteiger charge is 2.49. The van der Waals surface area contributed by atoms with Crippen LogP contribution in [0.3, 0.4) is 0 Å². The summed E-state index contributed by atoms with van der Waals surface area (Å²) in [6.45, 7) is 7.08. The number of thioether (sulfide) groups is 1. The minimum absolute atomic E-state index is 0.0354.